The quantitative estimate of drug-likeness (QED) is 0.699. The van der Waals surface area contributed by atoms with Gasteiger partial charge in [0.05, 0.1) is 11.3 Å². The van der Waals surface area contributed by atoms with Gasteiger partial charge in [0, 0.05) is 17.5 Å². The number of rotatable bonds is 5. The third-order valence-corrected chi connectivity index (χ3v) is 4.27. The third kappa shape index (κ3) is 3.86. The van der Waals surface area contributed by atoms with E-state index in [9.17, 15) is 4.79 Å². The summed E-state index contributed by atoms with van der Waals surface area (Å²) >= 11 is 1.59. The number of carbonyl (C=O) groups is 1. The van der Waals surface area contributed by atoms with Crippen LogP contribution in [0.1, 0.15) is 24.3 Å². The summed E-state index contributed by atoms with van der Waals surface area (Å²) in [6, 6.07) is 9.50. The minimum atomic E-state index is -0.0847. The fraction of sp³-hybridized carbons (Fsp3) is 0.235. The van der Waals surface area contributed by atoms with E-state index in [2.05, 4.69) is 15.5 Å². The zero-order valence-corrected chi connectivity index (χ0v) is 14.4. The Kier molecular flexibility index (Phi) is 4.71. The number of aromatic nitrogens is 2. The Morgan fingerprint density at radius 1 is 1.17 bits per heavy atom. The zero-order chi connectivity index (χ0) is 17.1. The van der Waals surface area contributed by atoms with Crippen LogP contribution in [0, 0.1) is 13.8 Å². The number of thioether (sulfide) groups is 1. The fourth-order valence-electron chi connectivity index (χ4n) is 2.25. The Hall–Kier alpha value is -2.54. The number of anilines is 1. The van der Waals surface area contributed by atoms with Crippen molar-refractivity contribution in [2.45, 2.75) is 31.4 Å². The molecule has 0 aliphatic carbocycles. The topological polar surface area (TPSA) is 81.2 Å². The molecule has 7 heteroatoms. The lowest BCUT2D eigenvalue weighted by Gasteiger charge is -2.03. The van der Waals surface area contributed by atoms with E-state index in [1.165, 1.54) is 6.92 Å². The first kappa shape index (κ1) is 16.3. The van der Waals surface area contributed by atoms with E-state index in [4.69, 9.17) is 8.83 Å². The number of nitrogens with zero attached hydrogens (tertiary/aromatic N) is 2. The van der Waals surface area contributed by atoms with Crippen LogP contribution in [0.25, 0.3) is 11.5 Å². The molecule has 0 unspecified atom stereocenters. The van der Waals surface area contributed by atoms with Gasteiger partial charge in [0.25, 0.3) is 5.89 Å². The lowest BCUT2D eigenvalue weighted by Crippen LogP contribution is -2.05. The van der Waals surface area contributed by atoms with Crippen LogP contribution in [0.4, 0.5) is 5.69 Å². The number of nitrogens with one attached hydrogen (secondary N) is 1. The largest absolute Gasteiger partial charge is 0.466 e. The SMILES string of the molecule is CC(=O)Nc1ccc(SCc2nnc(-c3cc(C)oc3C)o2)cc1. The second kappa shape index (κ2) is 6.92. The van der Waals surface area contributed by atoms with Gasteiger partial charge in [-0.1, -0.05) is 0 Å². The maximum atomic E-state index is 11.0. The number of aryl methyl sites for hydroxylation is 2. The molecular formula is C17H17N3O3S. The number of furan rings is 1. The third-order valence-electron chi connectivity index (χ3n) is 3.28. The highest BCUT2D eigenvalue weighted by Gasteiger charge is 2.14. The molecule has 0 atom stereocenters. The number of carbonyl (C=O) groups excluding carboxylic acids is 1. The van der Waals surface area contributed by atoms with Gasteiger partial charge in [-0.2, -0.15) is 0 Å². The van der Waals surface area contributed by atoms with Gasteiger partial charge in [0.15, 0.2) is 0 Å². The summed E-state index contributed by atoms with van der Waals surface area (Å²) in [5, 5.41) is 10.9. The number of amides is 1. The molecule has 0 aliphatic rings. The summed E-state index contributed by atoms with van der Waals surface area (Å²) in [5.74, 6) is 3.10. The highest BCUT2D eigenvalue weighted by Crippen LogP contribution is 2.28. The van der Waals surface area contributed by atoms with Crippen LogP contribution in [0.15, 0.2) is 44.1 Å². The van der Waals surface area contributed by atoms with Gasteiger partial charge in [-0.3, -0.25) is 4.79 Å². The van der Waals surface area contributed by atoms with Crippen molar-refractivity contribution in [3.05, 3.63) is 47.7 Å². The van der Waals surface area contributed by atoms with Gasteiger partial charge in [0.2, 0.25) is 11.8 Å². The standard InChI is InChI=1S/C17H17N3O3S/c1-10-8-15(11(2)22-10)17-20-19-16(23-17)9-24-14-6-4-13(5-7-14)18-12(3)21/h4-8H,9H2,1-3H3,(H,18,21). The van der Waals surface area contributed by atoms with E-state index in [1.54, 1.807) is 11.8 Å². The summed E-state index contributed by atoms with van der Waals surface area (Å²) in [7, 11) is 0. The highest BCUT2D eigenvalue weighted by atomic mass is 32.2. The van der Waals surface area contributed by atoms with Crippen molar-refractivity contribution >= 4 is 23.4 Å². The van der Waals surface area contributed by atoms with Crippen LogP contribution >= 0.6 is 11.8 Å². The normalized spacial score (nSPS) is 10.8. The Balaban J connectivity index is 1.63. The second-order valence-corrected chi connectivity index (χ2v) is 6.37. The van der Waals surface area contributed by atoms with Gasteiger partial charge >= 0.3 is 0 Å². The minimum Gasteiger partial charge on any atom is -0.466 e. The number of hydrogen-bond acceptors (Lipinski definition) is 6. The molecule has 2 heterocycles. The van der Waals surface area contributed by atoms with Crippen molar-refractivity contribution in [2.24, 2.45) is 0 Å². The molecule has 1 aromatic carbocycles. The summed E-state index contributed by atoms with van der Waals surface area (Å²) < 4.78 is 11.2. The number of hydrogen-bond donors (Lipinski definition) is 1. The Morgan fingerprint density at radius 2 is 1.92 bits per heavy atom. The van der Waals surface area contributed by atoms with E-state index in [0.29, 0.717) is 17.5 Å². The van der Waals surface area contributed by atoms with E-state index < -0.39 is 0 Å². The van der Waals surface area contributed by atoms with Crippen molar-refractivity contribution < 1.29 is 13.6 Å². The van der Waals surface area contributed by atoms with Crippen molar-refractivity contribution in [1.29, 1.82) is 0 Å². The van der Waals surface area contributed by atoms with Crippen LogP contribution < -0.4 is 5.32 Å². The molecule has 0 aliphatic heterocycles. The van der Waals surface area contributed by atoms with Gasteiger partial charge < -0.3 is 14.2 Å². The van der Waals surface area contributed by atoms with E-state index >= 15 is 0 Å². The first-order chi connectivity index (χ1) is 11.5. The molecule has 3 rings (SSSR count). The molecular weight excluding hydrogens is 326 g/mol. The molecule has 0 radical (unpaired) electrons. The molecule has 6 nitrogen and oxygen atoms in total. The molecule has 24 heavy (non-hydrogen) atoms. The fourth-order valence-corrected chi connectivity index (χ4v) is 2.98. The molecule has 0 fully saturated rings. The lowest BCUT2D eigenvalue weighted by molar-refractivity contribution is -0.114. The Labute approximate surface area is 143 Å². The van der Waals surface area contributed by atoms with Crippen LogP contribution in [0.2, 0.25) is 0 Å². The zero-order valence-electron chi connectivity index (χ0n) is 13.6. The Bertz CT molecular complexity index is 852. The predicted molar refractivity (Wildman–Crippen MR) is 91.8 cm³/mol. The summed E-state index contributed by atoms with van der Waals surface area (Å²) in [5.41, 5.74) is 1.61. The van der Waals surface area contributed by atoms with Gasteiger partial charge in [-0.25, -0.2) is 0 Å². The summed E-state index contributed by atoms with van der Waals surface area (Å²) in [6.45, 7) is 5.24. The lowest BCUT2D eigenvalue weighted by atomic mass is 10.2. The molecule has 3 aromatic rings. The molecule has 0 spiro atoms. The second-order valence-electron chi connectivity index (χ2n) is 5.32. The van der Waals surface area contributed by atoms with Gasteiger partial charge in [0.1, 0.15) is 11.5 Å². The van der Waals surface area contributed by atoms with E-state index in [-0.39, 0.29) is 5.91 Å². The Morgan fingerprint density at radius 3 is 2.54 bits per heavy atom. The molecule has 0 bridgehead atoms. The van der Waals surface area contributed by atoms with Gasteiger partial charge in [-0.15, -0.1) is 22.0 Å². The monoisotopic (exact) mass is 343 g/mol. The highest BCUT2D eigenvalue weighted by molar-refractivity contribution is 7.98. The average Bonchev–Trinajstić information content (AvgIpc) is 3.12. The maximum absolute atomic E-state index is 11.0. The molecule has 1 amide bonds. The van der Waals surface area contributed by atoms with Crippen molar-refractivity contribution in [2.75, 3.05) is 5.32 Å². The molecule has 1 N–H and O–H groups in total. The van der Waals surface area contributed by atoms with E-state index in [0.717, 1.165) is 27.7 Å². The van der Waals surface area contributed by atoms with E-state index in [1.807, 2.05) is 44.2 Å². The van der Waals surface area contributed by atoms with Crippen LogP contribution in [0.3, 0.4) is 0 Å². The molecule has 2 aromatic heterocycles. The molecule has 0 saturated carbocycles. The first-order valence-corrected chi connectivity index (χ1v) is 8.40. The first-order valence-electron chi connectivity index (χ1n) is 7.41. The minimum absolute atomic E-state index is 0.0847. The van der Waals surface area contributed by atoms with Crippen LogP contribution in [-0.2, 0) is 10.5 Å². The average molecular weight is 343 g/mol. The van der Waals surface area contributed by atoms with Crippen LogP contribution in [0.5, 0.6) is 0 Å². The molecule has 124 valence electrons. The van der Waals surface area contributed by atoms with Crippen molar-refractivity contribution in [1.82, 2.24) is 10.2 Å². The summed E-state index contributed by atoms with van der Waals surface area (Å²) in [6.07, 6.45) is 0. The summed E-state index contributed by atoms with van der Waals surface area (Å²) in [4.78, 5) is 12.1. The molecule has 0 saturated heterocycles. The van der Waals surface area contributed by atoms with Crippen LogP contribution in [-0.4, -0.2) is 16.1 Å². The predicted octanol–water partition coefficient (Wildman–Crippen LogP) is 4.20. The van der Waals surface area contributed by atoms with Crippen molar-refractivity contribution in [3.8, 4) is 11.5 Å². The maximum Gasteiger partial charge on any atom is 0.251 e. The number of benzene rings is 1. The van der Waals surface area contributed by atoms with Gasteiger partial charge in [-0.05, 0) is 44.2 Å². The van der Waals surface area contributed by atoms with Crippen molar-refractivity contribution in [3.63, 3.8) is 0 Å². The smallest absolute Gasteiger partial charge is 0.251 e.